The molecule has 0 saturated carbocycles. The molecule has 1 aromatic heterocycles. The number of aliphatic imine (C=N–C) groups is 1. The van der Waals surface area contributed by atoms with Crippen molar-refractivity contribution in [2.24, 2.45) is 4.99 Å². The summed E-state index contributed by atoms with van der Waals surface area (Å²) < 4.78 is 2.98. The minimum absolute atomic E-state index is 0.194. The number of phenols is 1. The lowest BCUT2D eigenvalue weighted by Gasteiger charge is -2.10. The first-order chi connectivity index (χ1) is 10.6. The number of nitrogens with zero attached hydrogens (tertiary/aromatic N) is 3. The van der Waals surface area contributed by atoms with Crippen LogP contribution in [0.1, 0.15) is 25.5 Å². The monoisotopic (exact) mass is 357 g/mol. The first-order valence-electron chi connectivity index (χ1n) is 7.06. The van der Waals surface area contributed by atoms with Gasteiger partial charge in [0.2, 0.25) is 5.95 Å². The van der Waals surface area contributed by atoms with E-state index in [0.29, 0.717) is 11.5 Å². The highest BCUT2D eigenvalue weighted by Gasteiger charge is 2.11. The molecule has 3 aromatic rings. The van der Waals surface area contributed by atoms with Crippen molar-refractivity contribution in [2.75, 3.05) is 0 Å². The molecule has 0 aliphatic heterocycles. The fraction of sp³-hybridized carbons (Fsp3) is 0.176. The minimum Gasteiger partial charge on any atom is -0.507 e. The summed E-state index contributed by atoms with van der Waals surface area (Å²) in [5, 5.41) is 9.89. The predicted octanol–water partition coefficient (Wildman–Crippen LogP) is 4.84. The number of benzene rings is 2. The van der Waals surface area contributed by atoms with E-state index in [2.05, 4.69) is 44.3 Å². The zero-order valence-corrected chi connectivity index (χ0v) is 13.9. The van der Waals surface area contributed by atoms with Crippen molar-refractivity contribution in [2.45, 2.75) is 19.9 Å². The summed E-state index contributed by atoms with van der Waals surface area (Å²) in [5.41, 5.74) is 2.63. The van der Waals surface area contributed by atoms with Gasteiger partial charge in [-0.2, -0.15) is 0 Å². The van der Waals surface area contributed by atoms with Crippen LogP contribution in [0, 0.1) is 0 Å². The molecule has 0 aliphatic rings. The van der Waals surface area contributed by atoms with E-state index in [1.807, 2.05) is 30.3 Å². The molecule has 1 heterocycles. The van der Waals surface area contributed by atoms with Gasteiger partial charge in [0.15, 0.2) is 0 Å². The average molecular weight is 358 g/mol. The molecule has 5 heteroatoms. The summed E-state index contributed by atoms with van der Waals surface area (Å²) in [5.74, 6) is 0.828. The van der Waals surface area contributed by atoms with Crippen molar-refractivity contribution in [3.8, 4) is 5.75 Å². The lowest BCUT2D eigenvalue weighted by atomic mass is 10.2. The first kappa shape index (κ1) is 14.8. The number of hydrogen-bond acceptors (Lipinski definition) is 3. The molecule has 0 amide bonds. The summed E-state index contributed by atoms with van der Waals surface area (Å²) >= 11 is 3.39. The van der Waals surface area contributed by atoms with Gasteiger partial charge in [-0.3, -0.25) is 0 Å². The molecule has 1 N–H and O–H groups in total. The van der Waals surface area contributed by atoms with Crippen LogP contribution in [0.4, 0.5) is 5.95 Å². The number of phenolic OH excluding ortho intramolecular Hbond substituents is 1. The van der Waals surface area contributed by atoms with Crippen LogP contribution in [0.25, 0.3) is 11.0 Å². The van der Waals surface area contributed by atoms with Crippen LogP contribution in [0.15, 0.2) is 51.9 Å². The largest absolute Gasteiger partial charge is 0.507 e. The van der Waals surface area contributed by atoms with Crippen LogP contribution in [0.3, 0.4) is 0 Å². The Bertz CT molecular complexity index is 852. The molecular weight excluding hydrogens is 342 g/mol. The second-order valence-corrected chi connectivity index (χ2v) is 6.24. The van der Waals surface area contributed by atoms with Gasteiger partial charge in [0.1, 0.15) is 5.75 Å². The van der Waals surface area contributed by atoms with E-state index in [-0.39, 0.29) is 11.8 Å². The highest BCUT2D eigenvalue weighted by atomic mass is 79.9. The van der Waals surface area contributed by atoms with Crippen LogP contribution in [0.2, 0.25) is 0 Å². The van der Waals surface area contributed by atoms with Gasteiger partial charge in [0.25, 0.3) is 0 Å². The Morgan fingerprint density at radius 1 is 1.23 bits per heavy atom. The molecule has 0 bridgehead atoms. The second kappa shape index (κ2) is 5.93. The van der Waals surface area contributed by atoms with Gasteiger partial charge < -0.3 is 9.67 Å². The van der Waals surface area contributed by atoms with E-state index < -0.39 is 0 Å². The number of aromatic nitrogens is 2. The maximum Gasteiger partial charge on any atom is 0.230 e. The number of halogens is 1. The summed E-state index contributed by atoms with van der Waals surface area (Å²) in [6, 6.07) is 13.5. The molecule has 0 radical (unpaired) electrons. The Kier molecular flexibility index (Phi) is 3.98. The van der Waals surface area contributed by atoms with Gasteiger partial charge in [-0.1, -0.05) is 28.1 Å². The van der Waals surface area contributed by atoms with Crippen molar-refractivity contribution in [1.29, 1.82) is 0 Å². The SMILES string of the molecule is CC(C)n1c(/N=C/c2cc(Br)ccc2O)nc2ccccc21. The Balaban J connectivity index is 2.08. The number of hydrogen-bond donors (Lipinski definition) is 1. The van der Waals surface area contributed by atoms with Crippen LogP contribution in [-0.2, 0) is 0 Å². The Morgan fingerprint density at radius 3 is 2.77 bits per heavy atom. The van der Waals surface area contributed by atoms with E-state index in [4.69, 9.17) is 0 Å². The quantitative estimate of drug-likeness (QED) is 0.682. The number of aromatic hydroxyl groups is 1. The topological polar surface area (TPSA) is 50.4 Å². The van der Waals surface area contributed by atoms with Crippen LogP contribution >= 0.6 is 15.9 Å². The van der Waals surface area contributed by atoms with Crippen molar-refractivity contribution in [3.05, 3.63) is 52.5 Å². The van der Waals surface area contributed by atoms with Crippen LogP contribution in [-0.4, -0.2) is 20.9 Å². The molecule has 3 rings (SSSR count). The molecule has 0 fully saturated rings. The number of imidazole rings is 1. The summed E-state index contributed by atoms with van der Waals surface area (Å²) in [7, 11) is 0. The third kappa shape index (κ3) is 2.76. The molecule has 112 valence electrons. The number of para-hydroxylation sites is 2. The molecule has 0 atom stereocenters. The lowest BCUT2D eigenvalue weighted by Crippen LogP contribution is -1.99. The first-order valence-corrected chi connectivity index (χ1v) is 7.85. The Morgan fingerprint density at radius 2 is 2.00 bits per heavy atom. The van der Waals surface area contributed by atoms with E-state index in [1.165, 1.54) is 0 Å². The minimum atomic E-state index is 0.194. The fourth-order valence-corrected chi connectivity index (χ4v) is 2.77. The smallest absolute Gasteiger partial charge is 0.230 e. The zero-order valence-electron chi connectivity index (χ0n) is 12.4. The van der Waals surface area contributed by atoms with Gasteiger partial charge in [0, 0.05) is 22.3 Å². The molecule has 0 aliphatic carbocycles. The maximum atomic E-state index is 9.89. The van der Waals surface area contributed by atoms with Crippen molar-refractivity contribution >= 4 is 39.1 Å². The highest BCUT2D eigenvalue weighted by molar-refractivity contribution is 9.10. The van der Waals surface area contributed by atoms with Gasteiger partial charge in [-0.15, -0.1) is 0 Å². The molecular formula is C17H16BrN3O. The van der Waals surface area contributed by atoms with Gasteiger partial charge in [-0.05, 0) is 44.2 Å². The third-order valence-electron chi connectivity index (χ3n) is 3.40. The Labute approximate surface area is 137 Å². The van der Waals surface area contributed by atoms with E-state index in [9.17, 15) is 5.11 Å². The highest BCUT2D eigenvalue weighted by Crippen LogP contribution is 2.27. The van der Waals surface area contributed by atoms with Crippen molar-refractivity contribution in [1.82, 2.24) is 9.55 Å². The molecule has 2 aromatic carbocycles. The van der Waals surface area contributed by atoms with Gasteiger partial charge >= 0.3 is 0 Å². The number of fused-ring (bicyclic) bond motifs is 1. The van der Waals surface area contributed by atoms with Crippen LogP contribution < -0.4 is 0 Å². The van der Waals surface area contributed by atoms with Crippen LogP contribution in [0.5, 0.6) is 5.75 Å². The molecule has 4 nitrogen and oxygen atoms in total. The van der Waals surface area contributed by atoms with E-state index in [0.717, 1.165) is 15.5 Å². The zero-order chi connectivity index (χ0) is 15.7. The summed E-state index contributed by atoms with van der Waals surface area (Å²) in [4.78, 5) is 9.06. The third-order valence-corrected chi connectivity index (χ3v) is 3.90. The normalized spacial score (nSPS) is 11.8. The summed E-state index contributed by atoms with van der Waals surface area (Å²) in [6.45, 7) is 4.20. The number of rotatable bonds is 3. The molecule has 22 heavy (non-hydrogen) atoms. The second-order valence-electron chi connectivity index (χ2n) is 5.33. The lowest BCUT2D eigenvalue weighted by molar-refractivity contribution is 0.474. The summed E-state index contributed by atoms with van der Waals surface area (Å²) in [6.07, 6.45) is 1.64. The fourth-order valence-electron chi connectivity index (χ4n) is 2.39. The van der Waals surface area contributed by atoms with Gasteiger partial charge in [0.05, 0.1) is 11.0 Å². The predicted molar refractivity (Wildman–Crippen MR) is 93.2 cm³/mol. The van der Waals surface area contributed by atoms with Gasteiger partial charge in [-0.25, -0.2) is 9.98 Å². The standard InChI is InChI=1S/C17H16BrN3O/c1-11(2)21-15-6-4-3-5-14(15)20-17(21)19-10-12-9-13(18)7-8-16(12)22/h3-11,22H,1-2H3/b19-10+. The molecule has 0 saturated heterocycles. The molecule has 0 spiro atoms. The maximum absolute atomic E-state index is 9.89. The van der Waals surface area contributed by atoms with E-state index >= 15 is 0 Å². The van der Waals surface area contributed by atoms with Crippen molar-refractivity contribution < 1.29 is 5.11 Å². The Hall–Kier alpha value is -2.14. The average Bonchev–Trinajstić information content (AvgIpc) is 2.86. The van der Waals surface area contributed by atoms with Crippen molar-refractivity contribution in [3.63, 3.8) is 0 Å². The molecule has 0 unspecified atom stereocenters. The van der Waals surface area contributed by atoms with E-state index in [1.54, 1.807) is 18.3 Å².